The SMILES string of the molecule is CCC(NC(C)CC1CCCCCN1)c1ccc(C)cc1. The monoisotopic (exact) mass is 288 g/mol. The van der Waals surface area contributed by atoms with E-state index in [4.69, 9.17) is 0 Å². The zero-order valence-electron chi connectivity index (χ0n) is 14.0. The van der Waals surface area contributed by atoms with Gasteiger partial charge in [0.2, 0.25) is 0 Å². The van der Waals surface area contributed by atoms with E-state index in [-0.39, 0.29) is 0 Å². The summed E-state index contributed by atoms with van der Waals surface area (Å²) in [7, 11) is 0. The Labute approximate surface area is 130 Å². The fourth-order valence-corrected chi connectivity index (χ4v) is 3.39. The van der Waals surface area contributed by atoms with E-state index >= 15 is 0 Å². The molecule has 1 aromatic carbocycles. The van der Waals surface area contributed by atoms with E-state index in [1.165, 1.54) is 49.8 Å². The second-order valence-electron chi connectivity index (χ2n) is 6.68. The molecule has 1 fully saturated rings. The van der Waals surface area contributed by atoms with Crippen molar-refractivity contribution in [2.75, 3.05) is 6.54 Å². The molecule has 0 bridgehead atoms. The number of benzene rings is 1. The molecule has 1 aromatic rings. The molecule has 0 aliphatic carbocycles. The van der Waals surface area contributed by atoms with Gasteiger partial charge in [-0.1, -0.05) is 49.6 Å². The van der Waals surface area contributed by atoms with E-state index in [9.17, 15) is 0 Å². The standard InChI is InChI=1S/C19H32N2/c1-4-19(17-11-9-15(2)10-12-17)21-16(3)14-18-8-6-5-7-13-20-18/h9-12,16,18-21H,4-8,13-14H2,1-3H3. The minimum atomic E-state index is 0.478. The molecule has 0 spiro atoms. The van der Waals surface area contributed by atoms with Crippen molar-refractivity contribution >= 4 is 0 Å². The van der Waals surface area contributed by atoms with E-state index in [2.05, 4.69) is 55.7 Å². The minimum absolute atomic E-state index is 0.478. The first-order valence-electron chi connectivity index (χ1n) is 8.75. The van der Waals surface area contributed by atoms with Gasteiger partial charge in [0.05, 0.1) is 0 Å². The Bertz CT molecular complexity index is 391. The summed E-state index contributed by atoms with van der Waals surface area (Å²) >= 11 is 0. The van der Waals surface area contributed by atoms with E-state index in [0.29, 0.717) is 18.1 Å². The van der Waals surface area contributed by atoms with E-state index < -0.39 is 0 Å². The topological polar surface area (TPSA) is 24.1 Å². The van der Waals surface area contributed by atoms with Gasteiger partial charge in [-0.2, -0.15) is 0 Å². The van der Waals surface area contributed by atoms with Crippen LogP contribution < -0.4 is 10.6 Å². The molecule has 21 heavy (non-hydrogen) atoms. The molecule has 2 heteroatoms. The molecule has 1 aliphatic heterocycles. The molecule has 1 saturated heterocycles. The predicted octanol–water partition coefficient (Wildman–Crippen LogP) is 4.35. The van der Waals surface area contributed by atoms with Crippen LogP contribution >= 0.6 is 0 Å². The largest absolute Gasteiger partial charge is 0.314 e. The van der Waals surface area contributed by atoms with Crippen molar-refractivity contribution in [3.8, 4) is 0 Å². The van der Waals surface area contributed by atoms with Gasteiger partial charge in [0, 0.05) is 18.1 Å². The quantitative estimate of drug-likeness (QED) is 0.813. The molecule has 0 aromatic heterocycles. The first-order valence-corrected chi connectivity index (χ1v) is 8.75. The van der Waals surface area contributed by atoms with Crippen LogP contribution in [0.1, 0.15) is 69.5 Å². The predicted molar refractivity (Wildman–Crippen MR) is 91.7 cm³/mol. The second kappa shape index (κ2) is 8.55. The van der Waals surface area contributed by atoms with Crippen LogP contribution in [0.4, 0.5) is 0 Å². The highest BCUT2D eigenvalue weighted by Gasteiger charge is 2.17. The summed E-state index contributed by atoms with van der Waals surface area (Å²) in [4.78, 5) is 0. The summed E-state index contributed by atoms with van der Waals surface area (Å²) in [5.41, 5.74) is 2.76. The van der Waals surface area contributed by atoms with Crippen molar-refractivity contribution in [2.45, 2.75) is 77.4 Å². The maximum absolute atomic E-state index is 3.83. The maximum Gasteiger partial charge on any atom is 0.0319 e. The third-order valence-corrected chi connectivity index (χ3v) is 4.67. The van der Waals surface area contributed by atoms with Crippen LogP contribution in [0, 0.1) is 6.92 Å². The van der Waals surface area contributed by atoms with Gasteiger partial charge in [-0.3, -0.25) is 0 Å². The number of rotatable bonds is 6. The van der Waals surface area contributed by atoms with Gasteiger partial charge in [-0.05, 0) is 51.6 Å². The van der Waals surface area contributed by atoms with Crippen molar-refractivity contribution in [3.05, 3.63) is 35.4 Å². The Balaban J connectivity index is 1.86. The molecule has 1 heterocycles. The third kappa shape index (κ3) is 5.44. The summed E-state index contributed by atoms with van der Waals surface area (Å²) in [5.74, 6) is 0. The van der Waals surface area contributed by atoms with Crippen molar-refractivity contribution in [3.63, 3.8) is 0 Å². The van der Waals surface area contributed by atoms with Crippen LogP contribution in [0.3, 0.4) is 0 Å². The number of aryl methyl sites for hydroxylation is 1. The van der Waals surface area contributed by atoms with Gasteiger partial charge in [0.1, 0.15) is 0 Å². The number of hydrogen-bond donors (Lipinski definition) is 2. The van der Waals surface area contributed by atoms with Gasteiger partial charge in [-0.15, -0.1) is 0 Å². The highest BCUT2D eigenvalue weighted by Crippen LogP contribution is 2.20. The molecular weight excluding hydrogens is 256 g/mol. The molecule has 2 nitrogen and oxygen atoms in total. The molecular formula is C19H32N2. The number of hydrogen-bond acceptors (Lipinski definition) is 2. The van der Waals surface area contributed by atoms with Gasteiger partial charge >= 0.3 is 0 Å². The minimum Gasteiger partial charge on any atom is -0.314 e. The Kier molecular flexibility index (Phi) is 6.72. The van der Waals surface area contributed by atoms with Crippen molar-refractivity contribution < 1.29 is 0 Å². The molecule has 2 N–H and O–H groups in total. The molecule has 118 valence electrons. The molecule has 0 saturated carbocycles. The van der Waals surface area contributed by atoms with Crippen LogP contribution in [-0.2, 0) is 0 Å². The molecule has 0 amide bonds. The summed E-state index contributed by atoms with van der Waals surface area (Å²) in [6.45, 7) is 7.96. The van der Waals surface area contributed by atoms with Crippen molar-refractivity contribution in [2.24, 2.45) is 0 Å². The Morgan fingerprint density at radius 3 is 2.67 bits per heavy atom. The Morgan fingerprint density at radius 2 is 1.95 bits per heavy atom. The van der Waals surface area contributed by atoms with Crippen molar-refractivity contribution in [1.82, 2.24) is 10.6 Å². The van der Waals surface area contributed by atoms with Gasteiger partial charge in [0.25, 0.3) is 0 Å². The fourth-order valence-electron chi connectivity index (χ4n) is 3.39. The van der Waals surface area contributed by atoms with Crippen LogP contribution in [0.5, 0.6) is 0 Å². The van der Waals surface area contributed by atoms with Crippen LogP contribution in [-0.4, -0.2) is 18.6 Å². The first kappa shape index (κ1) is 16.5. The van der Waals surface area contributed by atoms with E-state index in [0.717, 1.165) is 6.42 Å². The highest BCUT2D eigenvalue weighted by molar-refractivity contribution is 5.24. The van der Waals surface area contributed by atoms with Gasteiger partial charge < -0.3 is 10.6 Å². The van der Waals surface area contributed by atoms with Crippen LogP contribution in [0.25, 0.3) is 0 Å². The molecule has 2 rings (SSSR count). The lowest BCUT2D eigenvalue weighted by Gasteiger charge is -2.26. The Morgan fingerprint density at radius 1 is 1.19 bits per heavy atom. The average Bonchev–Trinajstić information content (AvgIpc) is 2.74. The van der Waals surface area contributed by atoms with Gasteiger partial charge in [-0.25, -0.2) is 0 Å². The normalized spacial score (nSPS) is 22.5. The van der Waals surface area contributed by atoms with Crippen LogP contribution in [0.15, 0.2) is 24.3 Å². The molecule has 3 unspecified atom stereocenters. The van der Waals surface area contributed by atoms with Crippen LogP contribution in [0.2, 0.25) is 0 Å². The van der Waals surface area contributed by atoms with E-state index in [1.54, 1.807) is 0 Å². The highest BCUT2D eigenvalue weighted by atomic mass is 15.0. The van der Waals surface area contributed by atoms with Gasteiger partial charge in [0.15, 0.2) is 0 Å². The smallest absolute Gasteiger partial charge is 0.0319 e. The lowest BCUT2D eigenvalue weighted by atomic mass is 9.99. The number of nitrogens with one attached hydrogen (secondary N) is 2. The maximum atomic E-state index is 3.83. The average molecular weight is 288 g/mol. The Hall–Kier alpha value is -0.860. The zero-order chi connectivity index (χ0) is 15.1. The first-order chi connectivity index (χ1) is 10.2. The molecule has 1 aliphatic rings. The lowest BCUT2D eigenvalue weighted by molar-refractivity contribution is 0.367. The lowest BCUT2D eigenvalue weighted by Crippen LogP contribution is -2.38. The van der Waals surface area contributed by atoms with Crippen molar-refractivity contribution in [1.29, 1.82) is 0 Å². The fraction of sp³-hybridized carbons (Fsp3) is 0.684. The third-order valence-electron chi connectivity index (χ3n) is 4.67. The summed E-state index contributed by atoms with van der Waals surface area (Å²) in [5, 5.41) is 7.54. The molecule has 3 atom stereocenters. The summed E-state index contributed by atoms with van der Waals surface area (Å²) < 4.78 is 0. The van der Waals surface area contributed by atoms with E-state index in [1.807, 2.05) is 0 Å². The summed E-state index contributed by atoms with van der Waals surface area (Å²) in [6.07, 6.45) is 7.85. The zero-order valence-corrected chi connectivity index (χ0v) is 14.0. The molecule has 0 radical (unpaired) electrons. The second-order valence-corrected chi connectivity index (χ2v) is 6.68. The summed E-state index contributed by atoms with van der Waals surface area (Å²) in [6, 6.07) is 10.7.